The van der Waals surface area contributed by atoms with Crippen molar-refractivity contribution in [1.82, 2.24) is 9.97 Å². The van der Waals surface area contributed by atoms with Gasteiger partial charge < -0.3 is 15.8 Å². The summed E-state index contributed by atoms with van der Waals surface area (Å²) in [5.74, 6) is -1.08. The molecule has 0 unspecified atom stereocenters. The number of aromatic hydroxyl groups is 1. The minimum atomic E-state index is -4.67. The molecule has 0 radical (unpaired) electrons. The third kappa shape index (κ3) is 5.93. The van der Waals surface area contributed by atoms with E-state index in [-0.39, 0.29) is 11.6 Å². The average molecular weight is 225 g/mol. The van der Waals surface area contributed by atoms with Gasteiger partial charge in [-0.3, -0.25) is 13.9 Å². The number of imidazole rings is 1. The fourth-order valence-corrected chi connectivity index (χ4v) is 0.468. The van der Waals surface area contributed by atoms with Crippen LogP contribution in [-0.2, 0) is 10.4 Å². The van der Waals surface area contributed by atoms with Gasteiger partial charge in [0.15, 0.2) is 5.69 Å². The smallest absolute Gasteiger partial charge is 0.394 e. The predicted molar refractivity (Wildman–Crippen MR) is 42.9 cm³/mol. The lowest BCUT2D eigenvalue weighted by Crippen LogP contribution is -2.11. The first-order valence-corrected chi connectivity index (χ1v) is 4.33. The molecular weight excluding hydrogens is 218 g/mol. The minimum absolute atomic E-state index is 0.0602. The molecule has 0 atom stereocenters. The van der Waals surface area contributed by atoms with Crippen LogP contribution in [-0.4, -0.2) is 38.5 Å². The van der Waals surface area contributed by atoms with Gasteiger partial charge in [-0.15, -0.1) is 0 Å². The molecule has 1 aromatic heterocycles. The van der Waals surface area contributed by atoms with Crippen LogP contribution < -0.4 is 5.73 Å². The lowest BCUT2D eigenvalue weighted by atomic mass is 10.4. The molecular formula is C4H7N3O6S. The molecule has 0 aliphatic carbocycles. The van der Waals surface area contributed by atoms with Crippen LogP contribution in [0.2, 0.25) is 0 Å². The van der Waals surface area contributed by atoms with E-state index in [0.717, 1.165) is 0 Å². The average Bonchev–Trinajstić information content (AvgIpc) is 2.30. The summed E-state index contributed by atoms with van der Waals surface area (Å²) in [5, 5.41) is 8.68. The quantitative estimate of drug-likeness (QED) is 0.365. The summed E-state index contributed by atoms with van der Waals surface area (Å²) in [5.41, 5.74) is 4.73. The molecule has 0 bridgehead atoms. The van der Waals surface area contributed by atoms with Gasteiger partial charge in [0.05, 0.1) is 6.33 Å². The number of nitrogens with one attached hydrogen (secondary N) is 1. The highest BCUT2D eigenvalue weighted by atomic mass is 32.3. The number of carbonyl (C=O) groups is 1. The van der Waals surface area contributed by atoms with E-state index in [4.69, 9.17) is 28.4 Å². The second kappa shape index (κ2) is 4.55. The van der Waals surface area contributed by atoms with Crippen LogP contribution in [0, 0.1) is 0 Å². The summed E-state index contributed by atoms with van der Waals surface area (Å²) in [6, 6.07) is 0. The van der Waals surface area contributed by atoms with Crippen molar-refractivity contribution >= 4 is 16.3 Å². The number of carbonyl (C=O) groups excluding carboxylic acids is 1. The number of nitrogens with two attached hydrogens (primary N) is 1. The van der Waals surface area contributed by atoms with Crippen molar-refractivity contribution in [1.29, 1.82) is 0 Å². The highest BCUT2D eigenvalue weighted by molar-refractivity contribution is 7.79. The van der Waals surface area contributed by atoms with Crippen LogP contribution in [0.4, 0.5) is 0 Å². The fourth-order valence-electron chi connectivity index (χ4n) is 0.468. The Morgan fingerprint density at radius 1 is 1.50 bits per heavy atom. The number of amides is 1. The van der Waals surface area contributed by atoms with Crippen molar-refractivity contribution in [3.05, 3.63) is 12.0 Å². The fraction of sp³-hybridized carbons (Fsp3) is 0. The summed E-state index contributed by atoms with van der Waals surface area (Å²) >= 11 is 0. The Bertz CT molecular complexity index is 400. The maximum atomic E-state index is 10.3. The molecule has 9 nitrogen and oxygen atoms in total. The molecule has 14 heavy (non-hydrogen) atoms. The maximum absolute atomic E-state index is 10.3. The molecule has 10 heteroatoms. The topological polar surface area (TPSA) is 167 Å². The van der Waals surface area contributed by atoms with E-state index >= 15 is 0 Å². The number of aromatic nitrogens is 2. The van der Waals surface area contributed by atoms with Crippen LogP contribution >= 0.6 is 0 Å². The second-order valence-corrected chi connectivity index (χ2v) is 2.81. The van der Waals surface area contributed by atoms with Gasteiger partial charge in [0.1, 0.15) is 0 Å². The molecule has 1 amide bonds. The van der Waals surface area contributed by atoms with Crippen molar-refractivity contribution in [2.45, 2.75) is 0 Å². The zero-order valence-electron chi connectivity index (χ0n) is 6.58. The van der Waals surface area contributed by atoms with E-state index < -0.39 is 16.3 Å². The van der Waals surface area contributed by atoms with Gasteiger partial charge in [-0.1, -0.05) is 0 Å². The molecule has 0 fully saturated rings. The van der Waals surface area contributed by atoms with Gasteiger partial charge in [-0.25, -0.2) is 4.98 Å². The van der Waals surface area contributed by atoms with Gasteiger partial charge in [0.2, 0.25) is 5.88 Å². The monoisotopic (exact) mass is 225 g/mol. The van der Waals surface area contributed by atoms with E-state index in [0.29, 0.717) is 0 Å². The van der Waals surface area contributed by atoms with E-state index in [1.54, 1.807) is 0 Å². The highest BCUT2D eigenvalue weighted by Gasteiger charge is 2.07. The molecule has 1 aromatic rings. The number of hydrogen-bond donors (Lipinski definition) is 5. The zero-order valence-corrected chi connectivity index (χ0v) is 7.39. The molecule has 0 spiro atoms. The first-order valence-electron chi connectivity index (χ1n) is 2.94. The first kappa shape index (κ1) is 12.3. The molecule has 80 valence electrons. The van der Waals surface area contributed by atoms with Crippen molar-refractivity contribution in [3.63, 3.8) is 0 Å². The molecule has 0 saturated heterocycles. The molecule has 6 N–H and O–H groups in total. The Morgan fingerprint density at radius 3 is 2.07 bits per heavy atom. The number of aromatic amines is 1. The number of hydrogen-bond acceptors (Lipinski definition) is 5. The predicted octanol–water partition coefficient (Wildman–Crippen LogP) is -1.44. The Kier molecular flexibility index (Phi) is 4.01. The van der Waals surface area contributed by atoms with Crippen molar-refractivity contribution in [2.24, 2.45) is 5.73 Å². The van der Waals surface area contributed by atoms with Crippen LogP contribution in [0.5, 0.6) is 5.88 Å². The van der Waals surface area contributed by atoms with Gasteiger partial charge >= 0.3 is 10.4 Å². The van der Waals surface area contributed by atoms with E-state index in [9.17, 15) is 4.79 Å². The van der Waals surface area contributed by atoms with Crippen molar-refractivity contribution < 1.29 is 27.4 Å². The third-order valence-electron chi connectivity index (χ3n) is 0.866. The van der Waals surface area contributed by atoms with Crippen LogP contribution in [0.15, 0.2) is 6.33 Å². The standard InChI is InChI=1S/C4H5N3O2.H2O4S/c5-3(8)2-4(9)7-1-6-2;1-5(2,3)4/h1,9H,(H2,5,8)(H,6,7);(H2,1,2,3,4). The van der Waals surface area contributed by atoms with Crippen molar-refractivity contribution in [2.75, 3.05) is 0 Å². The van der Waals surface area contributed by atoms with Crippen LogP contribution in [0.3, 0.4) is 0 Å². The SMILES string of the molecule is NC(=O)c1[nH]cnc1O.O=S(=O)(O)O. The summed E-state index contributed by atoms with van der Waals surface area (Å²) in [6.45, 7) is 0. The number of H-pyrrole nitrogens is 1. The van der Waals surface area contributed by atoms with E-state index in [2.05, 4.69) is 9.97 Å². The van der Waals surface area contributed by atoms with Gasteiger partial charge in [0.25, 0.3) is 5.91 Å². The normalized spacial score (nSPS) is 10.1. The lowest BCUT2D eigenvalue weighted by molar-refractivity contribution is 0.0993. The molecule has 0 saturated carbocycles. The Morgan fingerprint density at radius 2 is 1.93 bits per heavy atom. The van der Waals surface area contributed by atoms with Gasteiger partial charge in [-0.05, 0) is 0 Å². The zero-order chi connectivity index (χ0) is 11.4. The number of nitrogens with zero attached hydrogens (tertiary/aromatic N) is 1. The van der Waals surface area contributed by atoms with Gasteiger partial charge in [-0.2, -0.15) is 8.42 Å². The van der Waals surface area contributed by atoms with E-state index in [1.165, 1.54) is 6.33 Å². The highest BCUT2D eigenvalue weighted by Crippen LogP contribution is 2.06. The lowest BCUT2D eigenvalue weighted by Gasteiger charge is -1.85. The summed E-state index contributed by atoms with van der Waals surface area (Å²) in [6.07, 6.45) is 1.19. The molecule has 0 aromatic carbocycles. The molecule has 0 aliphatic heterocycles. The first-order chi connectivity index (χ1) is 6.22. The molecule has 1 rings (SSSR count). The molecule has 1 heterocycles. The largest absolute Gasteiger partial charge is 0.492 e. The minimum Gasteiger partial charge on any atom is -0.492 e. The number of primary amides is 1. The van der Waals surface area contributed by atoms with Crippen LogP contribution in [0.25, 0.3) is 0 Å². The molecule has 0 aliphatic rings. The van der Waals surface area contributed by atoms with E-state index in [1.807, 2.05) is 0 Å². The maximum Gasteiger partial charge on any atom is 0.394 e. The number of rotatable bonds is 1. The second-order valence-electron chi connectivity index (χ2n) is 1.91. The van der Waals surface area contributed by atoms with Crippen molar-refractivity contribution in [3.8, 4) is 5.88 Å². The summed E-state index contributed by atoms with van der Waals surface area (Å²) in [4.78, 5) is 16.0. The van der Waals surface area contributed by atoms with Crippen LogP contribution in [0.1, 0.15) is 10.5 Å². The Balaban J connectivity index is 0.000000292. The Hall–Kier alpha value is -1.65. The van der Waals surface area contributed by atoms with Gasteiger partial charge in [0, 0.05) is 0 Å². The summed E-state index contributed by atoms with van der Waals surface area (Å²) < 4.78 is 31.6. The third-order valence-corrected chi connectivity index (χ3v) is 0.866. The summed E-state index contributed by atoms with van der Waals surface area (Å²) in [7, 11) is -4.67. The Labute approximate surface area is 78.2 Å².